The third-order valence-electron chi connectivity index (χ3n) is 2.91. The Kier molecular flexibility index (Phi) is 4.88. The smallest absolute Gasteiger partial charge is 0.146 e. The molecule has 0 fully saturated rings. The van der Waals surface area contributed by atoms with E-state index < -0.39 is 0 Å². The molecule has 2 aromatic rings. The van der Waals surface area contributed by atoms with Gasteiger partial charge in [0, 0.05) is 18.0 Å². The summed E-state index contributed by atoms with van der Waals surface area (Å²) in [6.07, 6.45) is 4.42. The molecule has 0 bridgehead atoms. The summed E-state index contributed by atoms with van der Waals surface area (Å²) in [4.78, 5) is 4.10. The van der Waals surface area contributed by atoms with E-state index in [9.17, 15) is 4.39 Å². The minimum absolute atomic E-state index is 0.143. The highest BCUT2D eigenvalue weighted by atomic mass is 35.5. The number of hydrogen-bond acceptors (Lipinski definition) is 2. The number of nitrogens with zero attached hydrogens (tertiary/aromatic N) is 1. The molecule has 0 radical (unpaired) electrons. The van der Waals surface area contributed by atoms with Crippen LogP contribution in [0.2, 0.25) is 5.02 Å². The van der Waals surface area contributed by atoms with Crippen LogP contribution < -0.4 is 5.32 Å². The molecule has 1 heterocycles. The van der Waals surface area contributed by atoms with Crippen LogP contribution in [-0.2, 0) is 0 Å². The van der Waals surface area contributed by atoms with Gasteiger partial charge >= 0.3 is 0 Å². The monoisotopic (exact) mass is 278 g/mol. The fourth-order valence-corrected chi connectivity index (χ4v) is 2.17. The summed E-state index contributed by atoms with van der Waals surface area (Å²) in [5.41, 5.74) is 1.48. The van der Waals surface area contributed by atoms with Crippen molar-refractivity contribution in [2.24, 2.45) is 0 Å². The molecule has 0 aliphatic heterocycles. The second-order valence-electron chi connectivity index (χ2n) is 4.32. The highest BCUT2D eigenvalue weighted by Gasteiger charge is 2.18. The Morgan fingerprint density at radius 3 is 2.84 bits per heavy atom. The van der Waals surface area contributed by atoms with E-state index in [0.717, 1.165) is 18.5 Å². The molecule has 100 valence electrons. The van der Waals surface area contributed by atoms with E-state index in [0.29, 0.717) is 5.56 Å². The fraction of sp³-hybridized carbons (Fsp3) is 0.267. The van der Waals surface area contributed by atoms with E-state index in [1.165, 1.54) is 0 Å². The van der Waals surface area contributed by atoms with Crippen molar-refractivity contribution in [2.45, 2.75) is 19.4 Å². The molecule has 1 aromatic carbocycles. The molecule has 1 aromatic heterocycles. The first-order valence-corrected chi connectivity index (χ1v) is 6.69. The molecule has 4 heteroatoms. The number of halogens is 2. The van der Waals surface area contributed by atoms with Gasteiger partial charge in [0.15, 0.2) is 0 Å². The Morgan fingerprint density at radius 1 is 1.32 bits per heavy atom. The molecule has 0 saturated heterocycles. The van der Waals surface area contributed by atoms with Gasteiger partial charge in [0.1, 0.15) is 5.82 Å². The number of benzene rings is 1. The van der Waals surface area contributed by atoms with Gasteiger partial charge in [-0.1, -0.05) is 36.7 Å². The highest BCUT2D eigenvalue weighted by Crippen LogP contribution is 2.27. The van der Waals surface area contributed by atoms with Crippen molar-refractivity contribution in [3.05, 3.63) is 64.7 Å². The summed E-state index contributed by atoms with van der Waals surface area (Å²) in [6.45, 7) is 2.87. The summed E-state index contributed by atoms with van der Waals surface area (Å²) in [5, 5.41) is 3.47. The molecule has 2 rings (SSSR count). The van der Waals surface area contributed by atoms with Gasteiger partial charge in [-0.05, 0) is 30.7 Å². The van der Waals surface area contributed by atoms with Crippen molar-refractivity contribution in [2.75, 3.05) is 6.54 Å². The molecule has 1 atom stereocenters. The van der Waals surface area contributed by atoms with Crippen molar-refractivity contribution in [1.82, 2.24) is 10.3 Å². The SMILES string of the molecule is CCCNC(c1cccnc1)c1cccc(Cl)c1F. The van der Waals surface area contributed by atoms with Crippen LogP contribution >= 0.6 is 11.6 Å². The van der Waals surface area contributed by atoms with Gasteiger partial charge < -0.3 is 5.32 Å². The van der Waals surface area contributed by atoms with Crippen LogP contribution in [0.15, 0.2) is 42.7 Å². The molecule has 1 unspecified atom stereocenters. The quantitative estimate of drug-likeness (QED) is 0.895. The van der Waals surface area contributed by atoms with Gasteiger partial charge in [0.25, 0.3) is 0 Å². The minimum Gasteiger partial charge on any atom is -0.306 e. The lowest BCUT2D eigenvalue weighted by Gasteiger charge is -2.20. The molecule has 0 saturated carbocycles. The Bertz CT molecular complexity index is 531. The van der Waals surface area contributed by atoms with E-state index in [4.69, 9.17) is 11.6 Å². The van der Waals surface area contributed by atoms with Crippen molar-refractivity contribution < 1.29 is 4.39 Å². The minimum atomic E-state index is -0.373. The van der Waals surface area contributed by atoms with Crippen LogP contribution in [0.1, 0.15) is 30.5 Å². The largest absolute Gasteiger partial charge is 0.306 e. The number of nitrogens with one attached hydrogen (secondary N) is 1. The van der Waals surface area contributed by atoms with Gasteiger partial charge in [-0.25, -0.2) is 4.39 Å². The molecular weight excluding hydrogens is 263 g/mol. The zero-order valence-electron chi connectivity index (χ0n) is 10.7. The summed E-state index contributed by atoms with van der Waals surface area (Å²) in [5.74, 6) is -0.373. The summed E-state index contributed by atoms with van der Waals surface area (Å²) < 4.78 is 14.2. The highest BCUT2D eigenvalue weighted by molar-refractivity contribution is 6.30. The van der Waals surface area contributed by atoms with Crippen LogP contribution in [0, 0.1) is 5.82 Å². The van der Waals surface area contributed by atoms with E-state index in [-0.39, 0.29) is 16.9 Å². The lowest BCUT2D eigenvalue weighted by Crippen LogP contribution is -2.24. The topological polar surface area (TPSA) is 24.9 Å². The summed E-state index contributed by atoms with van der Waals surface area (Å²) in [7, 11) is 0. The maximum atomic E-state index is 14.2. The van der Waals surface area contributed by atoms with Gasteiger partial charge in [-0.2, -0.15) is 0 Å². The molecule has 1 N–H and O–H groups in total. The van der Waals surface area contributed by atoms with Crippen molar-refractivity contribution in [3.63, 3.8) is 0 Å². The third-order valence-corrected chi connectivity index (χ3v) is 3.20. The normalized spacial score (nSPS) is 12.4. The van der Waals surface area contributed by atoms with Crippen LogP contribution in [0.3, 0.4) is 0 Å². The second kappa shape index (κ2) is 6.64. The fourth-order valence-electron chi connectivity index (χ4n) is 1.99. The van der Waals surface area contributed by atoms with Gasteiger partial charge in [0.05, 0.1) is 11.1 Å². The first kappa shape index (κ1) is 14.0. The lowest BCUT2D eigenvalue weighted by molar-refractivity contribution is 0.546. The molecule has 0 spiro atoms. The van der Waals surface area contributed by atoms with Crippen molar-refractivity contribution in [3.8, 4) is 0 Å². The third kappa shape index (κ3) is 3.31. The predicted molar refractivity (Wildman–Crippen MR) is 75.8 cm³/mol. The average Bonchev–Trinajstić information content (AvgIpc) is 2.45. The van der Waals surface area contributed by atoms with Crippen LogP contribution in [0.4, 0.5) is 4.39 Å². The Balaban J connectivity index is 2.40. The number of pyridine rings is 1. The number of hydrogen-bond donors (Lipinski definition) is 1. The van der Waals surface area contributed by atoms with Crippen LogP contribution in [-0.4, -0.2) is 11.5 Å². The number of aromatic nitrogens is 1. The Hall–Kier alpha value is -1.45. The summed E-state index contributed by atoms with van der Waals surface area (Å²) in [6, 6.07) is 8.62. The van der Waals surface area contributed by atoms with Gasteiger partial charge in [-0.3, -0.25) is 4.98 Å². The van der Waals surface area contributed by atoms with E-state index in [1.54, 1.807) is 30.6 Å². The van der Waals surface area contributed by atoms with Crippen molar-refractivity contribution >= 4 is 11.6 Å². The summed E-state index contributed by atoms with van der Waals surface area (Å²) >= 11 is 5.86. The zero-order valence-corrected chi connectivity index (χ0v) is 11.5. The van der Waals surface area contributed by atoms with Crippen molar-refractivity contribution in [1.29, 1.82) is 0 Å². The van der Waals surface area contributed by atoms with E-state index in [1.807, 2.05) is 12.1 Å². The predicted octanol–water partition coefficient (Wildman–Crippen LogP) is 3.96. The standard InChI is InChI=1S/C15H16ClFN2/c1-2-8-19-15(11-5-4-9-18-10-11)12-6-3-7-13(16)14(12)17/h3-7,9-10,15,19H,2,8H2,1H3. The van der Waals surface area contributed by atoms with E-state index >= 15 is 0 Å². The molecule has 0 amide bonds. The number of rotatable bonds is 5. The maximum absolute atomic E-state index is 14.2. The average molecular weight is 279 g/mol. The lowest BCUT2D eigenvalue weighted by atomic mass is 9.99. The first-order chi connectivity index (χ1) is 9.24. The second-order valence-corrected chi connectivity index (χ2v) is 4.72. The van der Waals surface area contributed by atoms with Crippen LogP contribution in [0.5, 0.6) is 0 Å². The first-order valence-electron chi connectivity index (χ1n) is 6.31. The van der Waals surface area contributed by atoms with Crippen LogP contribution in [0.25, 0.3) is 0 Å². The maximum Gasteiger partial charge on any atom is 0.146 e. The van der Waals surface area contributed by atoms with Gasteiger partial charge in [-0.15, -0.1) is 0 Å². The molecule has 0 aliphatic carbocycles. The zero-order chi connectivity index (χ0) is 13.7. The molecular formula is C15H16ClFN2. The van der Waals surface area contributed by atoms with Gasteiger partial charge in [0.2, 0.25) is 0 Å². The Morgan fingerprint density at radius 2 is 2.16 bits per heavy atom. The molecule has 0 aliphatic rings. The molecule has 19 heavy (non-hydrogen) atoms. The molecule has 2 nitrogen and oxygen atoms in total. The Labute approximate surface area is 117 Å². The van der Waals surface area contributed by atoms with E-state index in [2.05, 4.69) is 17.2 Å².